The van der Waals surface area contributed by atoms with E-state index in [2.05, 4.69) is 32.6 Å². The minimum absolute atomic E-state index is 0.466. The number of hydrogen-bond acceptors (Lipinski definition) is 4. The van der Waals surface area contributed by atoms with Gasteiger partial charge in [-0.1, -0.05) is 0 Å². The van der Waals surface area contributed by atoms with Crippen LogP contribution in [0.1, 0.15) is 0 Å². The van der Waals surface area contributed by atoms with Crippen LogP contribution < -0.4 is 9.47 Å². The van der Waals surface area contributed by atoms with Gasteiger partial charge in [-0.3, -0.25) is 0 Å². The average Bonchev–Trinajstić information content (AvgIpc) is 2.32. The fraction of sp³-hybridized carbons (Fsp3) is 0.0909. The summed E-state index contributed by atoms with van der Waals surface area (Å²) in [6.07, 6.45) is 1.40. The number of aromatic nitrogens is 2. The Bertz CT molecular complexity index is 474. The van der Waals surface area contributed by atoms with Crippen molar-refractivity contribution in [1.29, 1.82) is 0 Å². The minimum atomic E-state index is 0.466. The molecule has 0 spiro atoms. The lowest BCUT2D eigenvalue weighted by molar-refractivity contribution is 0.388. The zero-order valence-corrected chi connectivity index (χ0v) is 10.7. The Morgan fingerprint density at radius 3 is 2.44 bits per heavy atom. The number of methoxy groups -OCH3 is 1. The Labute approximate surface area is 107 Å². The summed E-state index contributed by atoms with van der Waals surface area (Å²) in [6, 6.07) is 9.34. The summed E-state index contributed by atoms with van der Waals surface area (Å²) >= 11 is 2.24. The van der Waals surface area contributed by atoms with Crippen LogP contribution in [-0.2, 0) is 0 Å². The highest BCUT2D eigenvalue weighted by atomic mass is 127. The van der Waals surface area contributed by atoms with Crippen LogP contribution in [0.4, 0.5) is 0 Å². The van der Waals surface area contributed by atoms with Crippen molar-refractivity contribution in [2.75, 3.05) is 7.11 Å². The third-order valence-corrected chi connectivity index (χ3v) is 2.58. The molecule has 4 nitrogen and oxygen atoms in total. The Morgan fingerprint density at radius 2 is 1.75 bits per heavy atom. The molecule has 0 bridgehead atoms. The second-order valence-electron chi connectivity index (χ2n) is 2.95. The molecule has 0 atom stereocenters. The van der Waals surface area contributed by atoms with Gasteiger partial charge in [0.25, 0.3) is 0 Å². The van der Waals surface area contributed by atoms with Crippen LogP contribution in [0, 0.1) is 3.57 Å². The minimum Gasteiger partial charge on any atom is -0.481 e. The highest BCUT2D eigenvalue weighted by Gasteiger charge is 2.01. The van der Waals surface area contributed by atoms with Gasteiger partial charge in [-0.15, -0.1) is 0 Å². The van der Waals surface area contributed by atoms with E-state index in [0.717, 1.165) is 9.32 Å². The molecular formula is C11H9IN2O2. The lowest BCUT2D eigenvalue weighted by Gasteiger charge is -2.05. The molecule has 16 heavy (non-hydrogen) atoms. The smallest absolute Gasteiger partial charge is 0.226 e. The maximum atomic E-state index is 5.54. The van der Waals surface area contributed by atoms with E-state index in [1.807, 2.05) is 24.3 Å². The number of benzene rings is 1. The van der Waals surface area contributed by atoms with E-state index in [1.54, 1.807) is 13.2 Å². The molecule has 0 amide bonds. The second kappa shape index (κ2) is 5.11. The molecule has 1 heterocycles. The molecule has 1 aromatic heterocycles. The largest absolute Gasteiger partial charge is 0.481 e. The van der Waals surface area contributed by atoms with Crippen molar-refractivity contribution in [3.05, 3.63) is 40.2 Å². The second-order valence-corrected chi connectivity index (χ2v) is 4.20. The van der Waals surface area contributed by atoms with Crippen molar-refractivity contribution in [2.45, 2.75) is 0 Å². The lowest BCUT2D eigenvalue weighted by atomic mass is 10.3. The summed E-state index contributed by atoms with van der Waals surface area (Å²) in [6.45, 7) is 0. The van der Waals surface area contributed by atoms with Gasteiger partial charge in [0, 0.05) is 3.57 Å². The number of halogens is 1. The van der Waals surface area contributed by atoms with Crippen molar-refractivity contribution in [3.8, 4) is 17.5 Å². The molecule has 0 N–H and O–H groups in total. The maximum Gasteiger partial charge on any atom is 0.226 e. The van der Waals surface area contributed by atoms with Crippen LogP contribution in [0.25, 0.3) is 0 Å². The summed E-state index contributed by atoms with van der Waals surface area (Å²) < 4.78 is 11.7. The first-order valence-electron chi connectivity index (χ1n) is 4.57. The Balaban J connectivity index is 2.16. The third kappa shape index (κ3) is 2.82. The first kappa shape index (κ1) is 11.1. The van der Waals surface area contributed by atoms with Gasteiger partial charge in [0.05, 0.1) is 13.2 Å². The van der Waals surface area contributed by atoms with Gasteiger partial charge >= 0.3 is 0 Å². The summed E-state index contributed by atoms with van der Waals surface area (Å²) in [5.74, 6) is 1.68. The number of ether oxygens (including phenoxy) is 2. The molecule has 2 rings (SSSR count). The first-order valence-corrected chi connectivity index (χ1v) is 5.65. The van der Waals surface area contributed by atoms with Crippen molar-refractivity contribution < 1.29 is 9.47 Å². The molecular weight excluding hydrogens is 319 g/mol. The van der Waals surface area contributed by atoms with Gasteiger partial charge in [0.2, 0.25) is 11.8 Å². The van der Waals surface area contributed by atoms with Crippen LogP contribution >= 0.6 is 22.6 Å². The third-order valence-electron chi connectivity index (χ3n) is 1.86. The predicted octanol–water partition coefficient (Wildman–Crippen LogP) is 2.88. The molecule has 0 unspecified atom stereocenters. The normalized spacial score (nSPS) is 9.88. The zero-order valence-electron chi connectivity index (χ0n) is 8.55. The topological polar surface area (TPSA) is 44.2 Å². The summed E-state index contributed by atoms with van der Waals surface area (Å²) in [5, 5.41) is 0. The van der Waals surface area contributed by atoms with Crippen molar-refractivity contribution in [2.24, 2.45) is 0 Å². The van der Waals surface area contributed by atoms with E-state index in [0.29, 0.717) is 11.8 Å². The van der Waals surface area contributed by atoms with E-state index in [-0.39, 0.29) is 0 Å². The van der Waals surface area contributed by atoms with Gasteiger partial charge in [0.1, 0.15) is 12.1 Å². The Morgan fingerprint density at radius 1 is 1.06 bits per heavy atom. The summed E-state index contributed by atoms with van der Waals surface area (Å²) in [4.78, 5) is 7.89. The SMILES string of the molecule is COc1cc(Oc2ccc(I)cc2)ncn1. The van der Waals surface area contributed by atoms with Crippen LogP contribution in [0.3, 0.4) is 0 Å². The van der Waals surface area contributed by atoms with Crippen molar-refractivity contribution in [1.82, 2.24) is 9.97 Å². The van der Waals surface area contributed by atoms with Crippen molar-refractivity contribution in [3.63, 3.8) is 0 Å². The van der Waals surface area contributed by atoms with Crippen molar-refractivity contribution >= 4 is 22.6 Å². The number of rotatable bonds is 3. The standard InChI is InChI=1S/C11H9IN2O2/c1-15-10-6-11(14-7-13-10)16-9-4-2-8(12)3-5-9/h2-7H,1H3. The summed E-state index contributed by atoms with van der Waals surface area (Å²) in [5.41, 5.74) is 0. The highest BCUT2D eigenvalue weighted by Crippen LogP contribution is 2.21. The Hall–Kier alpha value is -1.37. The Kier molecular flexibility index (Phi) is 3.55. The van der Waals surface area contributed by atoms with E-state index in [9.17, 15) is 0 Å². The number of nitrogens with zero attached hydrogens (tertiary/aromatic N) is 2. The predicted molar refractivity (Wildman–Crippen MR) is 67.8 cm³/mol. The molecule has 0 saturated carbocycles. The fourth-order valence-corrected chi connectivity index (χ4v) is 1.47. The van der Waals surface area contributed by atoms with E-state index >= 15 is 0 Å². The first-order chi connectivity index (χ1) is 7.78. The van der Waals surface area contributed by atoms with Gasteiger partial charge in [-0.2, -0.15) is 0 Å². The number of hydrogen-bond donors (Lipinski definition) is 0. The molecule has 0 saturated heterocycles. The average molecular weight is 328 g/mol. The molecule has 0 aliphatic heterocycles. The van der Waals surface area contributed by atoms with Gasteiger partial charge in [0.15, 0.2) is 0 Å². The molecule has 82 valence electrons. The fourth-order valence-electron chi connectivity index (χ4n) is 1.11. The van der Waals surface area contributed by atoms with Crippen LogP contribution in [0.2, 0.25) is 0 Å². The van der Waals surface area contributed by atoms with Crippen LogP contribution in [-0.4, -0.2) is 17.1 Å². The molecule has 1 aromatic carbocycles. The van der Waals surface area contributed by atoms with Gasteiger partial charge in [-0.25, -0.2) is 9.97 Å². The van der Waals surface area contributed by atoms with E-state index in [1.165, 1.54) is 6.33 Å². The maximum absolute atomic E-state index is 5.54. The summed E-state index contributed by atoms with van der Waals surface area (Å²) in [7, 11) is 1.55. The van der Waals surface area contributed by atoms with Gasteiger partial charge < -0.3 is 9.47 Å². The highest BCUT2D eigenvalue weighted by molar-refractivity contribution is 14.1. The molecule has 0 fully saturated rings. The monoisotopic (exact) mass is 328 g/mol. The van der Waals surface area contributed by atoms with Crippen LogP contribution in [0.15, 0.2) is 36.7 Å². The lowest BCUT2D eigenvalue weighted by Crippen LogP contribution is -1.92. The molecule has 0 aliphatic carbocycles. The zero-order chi connectivity index (χ0) is 11.4. The van der Waals surface area contributed by atoms with E-state index in [4.69, 9.17) is 9.47 Å². The molecule has 0 aliphatic rings. The molecule has 2 aromatic rings. The molecule has 0 radical (unpaired) electrons. The van der Waals surface area contributed by atoms with E-state index < -0.39 is 0 Å². The molecule has 5 heteroatoms. The quantitative estimate of drug-likeness (QED) is 0.813. The van der Waals surface area contributed by atoms with Crippen LogP contribution in [0.5, 0.6) is 17.5 Å². The van der Waals surface area contributed by atoms with Gasteiger partial charge in [-0.05, 0) is 46.9 Å².